The van der Waals surface area contributed by atoms with Crippen LogP contribution < -0.4 is 9.47 Å². The molecule has 0 unspecified atom stereocenters. The number of esters is 1. The molecule has 0 aliphatic rings. The molecule has 1 aromatic heterocycles. The Labute approximate surface area is 157 Å². The quantitative estimate of drug-likeness (QED) is 0.376. The van der Waals surface area contributed by atoms with Crippen LogP contribution in [-0.4, -0.2) is 18.1 Å². The van der Waals surface area contributed by atoms with E-state index < -0.39 is 5.97 Å². The van der Waals surface area contributed by atoms with Gasteiger partial charge in [0.1, 0.15) is 17.2 Å². The lowest BCUT2D eigenvalue weighted by Gasteiger charge is -2.11. The van der Waals surface area contributed by atoms with Gasteiger partial charge >= 0.3 is 5.97 Å². The fraction of sp³-hybridized carbons (Fsp3) is 0.0435. The fourth-order valence-corrected chi connectivity index (χ4v) is 2.94. The van der Waals surface area contributed by atoms with Crippen molar-refractivity contribution in [3.8, 4) is 22.6 Å². The molecule has 0 N–H and O–H groups in total. The molecule has 0 aliphatic carbocycles. The first kappa shape index (κ1) is 16.8. The number of hydrogen-bond donors (Lipinski definition) is 0. The van der Waals surface area contributed by atoms with Crippen molar-refractivity contribution in [1.82, 2.24) is 4.98 Å². The van der Waals surface area contributed by atoms with Crippen molar-refractivity contribution in [3.05, 3.63) is 90.6 Å². The minimum atomic E-state index is -0.490. The van der Waals surface area contributed by atoms with Crippen molar-refractivity contribution in [2.24, 2.45) is 0 Å². The summed E-state index contributed by atoms with van der Waals surface area (Å²) in [5, 5.41) is 0.914. The highest BCUT2D eigenvalue weighted by atomic mass is 16.5. The number of rotatable bonds is 4. The molecule has 0 fully saturated rings. The molecular weight excluding hydrogens is 338 g/mol. The van der Waals surface area contributed by atoms with Crippen molar-refractivity contribution in [2.75, 3.05) is 7.11 Å². The average molecular weight is 355 g/mol. The molecule has 3 aromatic carbocycles. The monoisotopic (exact) mass is 355 g/mol. The second kappa shape index (κ2) is 7.30. The summed E-state index contributed by atoms with van der Waals surface area (Å²) < 4.78 is 10.8. The maximum Gasteiger partial charge on any atom is 0.362 e. The fourth-order valence-electron chi connectivity index (χ4n) is 2.94. The van der Waals surface area contributed by atoms with E-state index in [2.05, 4.69) is 4.98 Å². The van der Waals surface area contributed by atoms with Gasteiger partial charge in [-0.2, -0.15) is 0 Å². The van der Waals surface area contributed by atoms with Crippen LogP contribution in [0.2, 0.25) is 0 Å². The van der Waals surface area contributed by atoms with E-state index in [1.54, 1.807) is 25.3 Å². The number of ether oxygens (including phenoxy) is 2. The Bertz CT molecular complexity index is 1090. The minimum absolute atomic E-state index is 0.260. The summed E-state index contributed by atoms with van der Waals surface area (Å²) in [4.78, 5) is 17.2. The molecule has 4 aromatic rings. The number of hydrogen-bond acceptors (Lipinski definition) is 4. The molecule has 4 heteroatoms. The van der Waals surface area contributed by atoms with E-state index in [-0.39, 0.29) is 5.69 Å². The van der Waals surface area contributed by atoms with E-state index in [0.717, 1.165) is 22.3 Å². The molecule has 132 valence electrons. The summed E-state index contributed by atoms with van der Waals surface area (Å²) in [5.74, 6) is 0.734. The zero-order valence-corrected chi connectivity index (χ0v) is 14.8. The molecule has 0 amide bonds. The van der Waals surface area contributed by atoms with Crippen LogP contribution >= 0.6 is 0 Å². The molecular formula is C23H17NO3. The predicted molar refractivity (Wildman–Crippen MR) is 105 cm³/mol. The van der Waals surface area contributed by atoms with Crippen LogP contribution in [0.1, 0.15) is 10.5 Å². The topological polar surface area (TPSA) is 48.4 Å². The Morgan fingerprint density at radius 1 is 0.815 bits per heavy atom. The molecule has 0 atom stereocenters. The molecule has 27 heavy (non-hydrogen) atoms. The van der Waals surface area contributed by atoms with Crippen LogP contribution in [0.3, 0.4) is 0 Å². The number of carbonyl (C=O) groups excluding carboxylic acids is 1. The third-order valence-corrected chi connectivity index (χ3v) is 4.26. The summed E-state index contributed by atoms with van der Waals surface area (Å²) in [6.45, 7) is 0. The van der Waals surface area contributed by atoms with E-state index in [1.807, 2.05) is 66.7 Å². The largest absolute Gasteiger partial charge is 0.497 e. The van der Waals surface area contributed by atoms with Crippen LogP contribution in [0.25, 0.3) is 22.0 Å². The highest BCUT2D eigenvalue weighted by molar-refractivity contribution is 6.00. The van der Waals surface area contributed by atoms with Crippen molar-refractivity contribution in [2.45, 2.75) is 0 Å². The number of nitrogens with zero attached hydrogens (tertiary/aromatic N) is 1. The maximum absolute atomic E-state index is 12.7. The first-order valence-corrected chi connectivity index (χ1v) is 8.56. The van der Waals surface area contributed by atoms with Crippen LogP contribution in [-0.2, 0) is 0 Å². The first-order chi connectivity index (χ1) is 13.2. The Balaban J connectivity index is 1.84. The summed E-state index contributed by atoms with van der Waals surface area (Å²) in [6.07, 6.45) is 0. The van der Waals surface area contributed by atoms with Gasteiger partial charge in [-0.3, -0.25) is 0 Å². The van der Waals surface area contributed by atoms with Crippen molar-refractivity contribution in [3.63, 3.8) is 0 Å². The van der Waals surface area contributed by atoms with Gasteiger partial charge in [-0.15, -0.1) is 0 Å². The summed E-state index contributed by atoms with van der Waals surface area (Å²) >= 11 is 0. The number of pyridine rings is 1. The molecule has 0 radical (unpaired) electrons. The van der Waals surface area contributed by atoms with Crippen molar-refractivity contribution < 1.29 is 14.3 Å². The molecule has 0 bridgehead atoms. The normalized spacial score (nSPS) is 10.6. The lowest BCUT2D eigenvalue weighted by molar-refractivity contribution is 0.0729. The SMILES string of the molecule is COc1ccc2nc(C(=O)Oc3ccccc3)cc(-c3ccccc3)c2c1. The first-order valence-electron chi connectivity index (χ1n) is 8.56. The molecule has 4 nitrogen and oxygen atoms in total. The van der Waals surface area contributed by atoms with Gasteiger partial charge in [-0.1, -0.05) is 48.5 Å². The number of fused-ring (bicyclic) bond motifs is 1. The average Bonchev–Trinajstić information content (AvgIpc) is 2.74. The predicted octanol–water partition coefficient (Wildman–Crippen LogP) is 5.13. The Morgan fingerprint density at radius 2 is 1.52 bits per heavy atom. The number of aromatic nitrogens is 1. The Kier molecular flexibility index (Phi) is 4.54. The zero-order valence-electron chi connectivity index (χ0n) is 14.8. The van der Waals surface area contributed by atoms with Gasteiger partial charge < -0.3 is 9.47 Å². The van der Waals surface area contributed by atoms with Gasteiger partial charge in [-0.25, -0.2) is 9.78 Å². The summed E-state index contributed by atoms with van der Waals surface area (Å²) in [5.41, 5.74) is 2.86. The zero-order chi connectivity index (χ0) is 18.6. The highest BCUT2D eigenvalue weighted by Crippen LogP contribution is 2.31. The van der Waals surface area contributed by atoms with Gasteiger partial charge in [0, 0.05) is 5.39 Å². The Hall–Kier alpha value is -3.66. The van der Waals surface area contributed by atoms with E-state index in [1.165, 1.54) is 0 Å². The molecule has 0 saturated carbocycles. The number of para-hydroxylation sites is 1. The van der Waals surface area contributed by atoms with Gasteiger partial charge in [0.2, 0.25) is 0 Å². The van der Waals surface area contributed by atoms with E-state index in [9.17, 15) is 4.79 Å². The molecule has 0 spiro atoms. The van der Waals surface area contributed by atoms with Crippen LogP contribution in [0.15, 0.2) is 84.9 Å². The summed E-state index contributed by atoms with van der Waals surface area (Å²) in [7, 11) is 1.63. The Morgan fingerprint density at radius 3 is 2.22 bits per heavy atom. The van der Waals surface area contributed by atoms with Gasteiger partial charge in [-0.05, 0) is 47.5 Å². The molecule has 0 aliphatic heterocycles. The molecule has 1 heterocycles. The lowest BCUT2D eigenvalue weighted by atomic mass is 10.00. The number of carbonyl (C=O) groups is 1. The van der Waals surface area contributed by atoms with Crippen LogP contribution in [0, 0.1) is 0 Å². The van der Waals surface area contributed by atoms with Crippen molar-refractivity contribution in [1.29, 1.82) is 0 Å². The smallest absolute Gasteiger partial charge is 0.362 e. The third-order valence-electron chi connectivity index (χ3n) is 4.26. The van der Waals surface area contributed by atoms with Gasteiger partial charge in [0.15, 0.2) is 0 Å². The van der Waals surface area contributed by atoms with E-state index in [4.69, 9.17) is 9.47 Å². The van der Waals surface area contributed by atoms with E-state index in [0.29, 0.717) is 11.3 Å². The second-order valence-corrected chi connectivity index (χ2v) is 6.01. The van der Waals surface area contributed by atoms with Crippen LogP contribution in [0.5, 0.6) is 11.5 Å². The minimum Gasteiger partial charge on any atom is -0.497 e. The maximum atomic E-state index is 12.7. The molecule has 0 saturated heterocycles. The van der Waals surface area contributed by atoms with Crippen LogP contribution in [0.4, 0.5) is 0 Å². The van der Waals surface area contributed by atoms with E-state index >= 15 is 0 Å². The standard InChI is InChI=1S/C23H17NO3/c1-26-18-12-13-21-20(14-18)19(16-8-4-2-5-9-16)15-22(24-21)23(25)27-17-10-6-3-7-11-17/h2-15H,1H3. The second-order valence-electron chi connectivity index (χ2n) is 6.01. The third kappa shape index (κ3) is 3.51. The lowest BCUT2D eigenvalue weighted by Crippen LogP contribution is -2.11. The number of benzene rings is 3. The highest BCUT2D eigenvalue weighted by Gasteiger charge is 2.16. The van der Waals surface area contributed by atoms with Gasteiger partial charge in [0.25, 0.3) is 0 Å². The van der Waals surface area contributed by atoms with Gasteiger partial charge in [0.05, 0.1) is 12.6 Å². The van der Waals surface area contributed by atoms with Crippen molar-refractivity contribution >= 4 is 16.9 Å². The number of methoxy groups -OCH3 is 1. The molecule has 4 rings (SSSR count). The summed E-state index contributed by atoms with van der Waals surface area (Å²) in [6, 6.07) is 26.2.